The summed E-state index contributed by atoms with van der Waals surface area (Å²) in [6.45, 7) is 4.62. The van der Waals surface area contributed by atoms with Gasteiger partial charge in [0.15, 0.2) is 0 Å². The summed E-state index contributed by atoms with van der Waals surface area (Å²) in [6.07, 6.45) is 6.19. The van der Waals surface area contributed by atoms with Gasteiger partial charge in [0, 0.05) is 31.0 Å². The second-order valence-electron chi connectivity index (χ2n) is 5.31. The molecule has 0 bridgehead atoms. The quantitative estimate of drug-likeness (QED) is 0.844. The van der Waals surface area contributed by atoms with Gasteiger partial charge in [-0.05, 0) is 50.1 Å². The van der Waals surface area contributed by atoms with Gasteiger partial charge in [-0.25, -0.2) is 4.98 Å². The molecule has 1 aliphatic rings. The Morgan fingerprint density at radius 1 is 1.24 bits per heavy atom. The highest BCUT2D eigenvalue weighted by molar-refractivity contribution is 5.19. The van der Waals surface area contributed by atoms with Gasteiger partial charge < -0.3 is 4.74 Å². The van der Waals surface area contributed by atoms with Crippen LogP contribution in [0.25, 0.3) is 0 Å². The first-order chi connectivity index (χ1) is 10.4. The fourth-order valence-electron chi connectivity index (χ4n) is 2.96. The number of ether oxygens (including phenoxy) is 1. The van der Waals surface area contributed by atoms with Crippen molar-refractivity contribution in [2.24, 2.45) is 0 Å². The Morgan fingerprint density at radius 2 is 2.10 bits per heavy atom. The molecule has 1 aliphatic heterocycles. The Labute approximate surface area is 125 Å². The van der Waals surface area contributed by atoms with Crippen molar-refractivity contribution in [2.45, 2.75) is 32.4 Å². The number of hydrogen-bond donors (Lipinski definition) is 0. The average molecular weight is 283 g/mol. The fraction of sp³-hybridized carbons (Fsp3) is 0.412. The molecular weight excluding hydrogens is 262 g/mol. The molecule has 110 valence electrons. The Balaban J connectivity index is 1.73. The van der Waals surface area contributed by atoms with E-state index < -0.39 is 0 Å². The van der Waals surface area contributed by atoms with E-state index in [1.54, 1.807) is 0 Å². The molecule has 0 unspecified atom stereocenters. The van der Waals surface area contributed by atoms with Crippen LogP contribution in [0.15, 0.2) is 42.7 Å². The third-order valence-electron chi connectivity index (χ3n) is 3.89. The van der Waals surface area contributed by atoms with Crippen molar-refractivity contribution in [3.63, 3.8) is 0 Å². The molecule has 3 heterocycles. The summed E-state index contributed by atoms with van der Waals surface area (Å²) in [5.74, 6) is 0.717. The third kappa shape index (κ3) is 3.39. The first-order valence-electron chi connectivity index (χ1n) is 7.59. The highest BCUT2D eigenvalue weighted by Crippen LogP contribution is 2.32. The van der Waals surface area contributed by atoms with Gasteiger partial charge in [-0.2, -0.15) is 0 Å². The van der Waals surface area contributed by atoms with Crippen LogP contribution in [0, 0.1) is 0 Å². The normalized spacial score (nSPS) is 18.8. The van der Waals surface area contributed by atoms with Gasteiger partial charge in [0.05, 0.1) is 12.3 Å². The van der Waals surface area contributed by atoms with E-state index in [9.17, 15) is 0 Å². The standard InChI is InChI=1S/C17H21N3O/c1-2-21-17-7-3-5-15(19-17)13-20-12-4-6-16(20)14-8-10-18-11-9-14/h3,5,7-11,16H,2,4,6,12-13H2,1H3/t16-/m0/s1. The summed E-state index contributed by atoms with van der Waals surface area (Å²) < 4.78 is 5.48. The molecule has 0 amide bonds. The van der Waals surface area contributed by atoms with Crippen molar-refractivity contribution >= 4 is 0 Å². The predicted molar refractivity (Wildman–Crippen MR) is 82.0 cm³/mol. The molecule has 1 saturated heterocycles. The van der Waals surface area contributed by atoms with Gasteiger partial charge in [-0.3, -0.25) is 9.88 Å². The van der Waals surface area contributed by atoms with Crippen LogP contribution in [0.5, 0.6) is 5.88 Å². The van der Waals surface area contributed by atoms with Gasteiger partial charge in [0.25, 0.3) is 0 Å². The van der Waals surface area contributed by atoms with Crippen molar-refractivity contribution in [2.75, 3.05) is 13.2 Å². The first kappa shape index (κ1) is 14.0. The maximum atomic E-state index is 5.48. The topological polar surface area (TPSA) is 38.2 Å². The van der Waals surface area contributed by atoms with Crippen molar-refractivity contribution in [3.8, 4) is 5.88 Å². The number of nitrogens with zero attached hydrogens (tertiary/aromatic N) is 3. The van der Waals surface area contributed by atoms with Crippen LogP contribution in [0.1, 0.15) is 37.1 Å². The number of pyridine rings is 2. The number of rotatable bonds is 5. The molecule has 4 nitrogen and oxygen atoms in total. The van der Waals surface area contributed by atoms with Crippen LogP contribution in [0.4, 0.5) is 0 Å². The molecule has 0 N–H and O–H groups in total. The highest BCUT2D eigenvalue weighted by atomic mass is 16.5. The van der Waals surface area contributed by atoms with E-state index in [0.29, 0.717) is 12.6 Å². The molecule has 2 aromatic rings. The Bertz CT molecular complexity index is 573. The Hall–Kier alpha value is -1.94. The Morgan fingerprint density at radius 3 is 2.90 bits per heavy atom. The number of likely N-dealkylation sites (tertiary alicyclic amines) is 1. The van der Waals surface area contributed by atoms with E-state index in [1.165, 1.54) is 18.4 Å². The zero-order chi connectivity index (χ0) is 14.5. The minimum atomic E-state index is 0.477. The van der Waals surface area contributed by atoms with Gasteiger partial charge >= 0.3 is 0 Å². The van der Waals surface area contributed by atoms with Crippen LogP contribution in [0.2, 0.25) is 0 Å². The summed E-state index contributed by atoms with van der Waals surface area (Å²) in [5, 5.41) is 0. The number of hydrogen-bond acceptors (Lipinski definition) is 4. The first-order valence-corrected chi connectivity index (χ1v) is 7.59. The van der Waals surface area contributed by atoms with Gasteiger partial charge in [0.2, 0.25) is 5.88 Å². The third-order valence-corrected chi connectivity index (χ3v) is 3.89. The lowest BCUT2D eigenvalue weighted by Crippen LogP contribution is -2.23. The second-order valence-corrected chi connectivity index (χ2v) is 5.31. The van der Waals surface area contributed by atoms with E-state index in [0.717, 1.165) is 24.7 Å². The van der Waals surface area contributed by atoms with Crippen LogP contribution >= 0.6 is 0 Å². The average Bonchev–Trinajstić information content (AvgIpc) is 2.97. The zero-order valence-electron chi connectivity index (χ0n) is 12.4. The van der Waals surface area contributed by atoms with Crippen molar-refractivity contribution in [1.29, 1.82) is 0 Å². The molecule has 2 aromatic heterocycles. The van der Waals surface area contributed by atoms with E-state index in [4.69, 9.17) is 4.74 Å². The molecule has 0 spiro atoms. The molecule has 0 aromatic carbocycles. The maximum absolute atomic E-state index is 5.48. The zero-order valence-corrected chi connectivity index (χ0v) is 12.4. The smallest absolute Gasteiger partial charge is 0.213 e. The van der Waals surface area contributed by atoms with Crippen molar-refractivity contribution in [3.05, 3.63) is 54.0 Å². The van der Waals surface area contributed by atoms with Crippen LogP contribution in [-0.2, 0) is 6.54 Å². The molecule has 1 fully saturated rings. The van der Waals surface area contributed by atoms with E-state index in [2.05, 4.69) is 33.1 Å². The van der Waals surface area contributed by atoms with Crippen LogP contribution in [-0.4, -0.2) is 28.0 Å². The second kappa shape index (κ2) is 6.68. The highest BCUT2D eigenvalue weighted by Gasteiger charge is 2.26. The van der Waals surface area contributed by atoms with E-state index in [1.807, 2.05) is 31.5 Å². The molecule has 21 heavy (non-hydrogen) atoms. The van der Waals surface area contributed by atoms with Crippen molar-refractivity contribution < 1.29 is 4.74 Å². The lowest BCUT2D eigenvalue weighted by atomic mass is 10.1. The molecule has 4 heteroatoms. The molecule has 0 radical (unpaired) electrons. The lowest BCUT2D eigenvalue weighted by molar-refractivity contribution is 0.243. The predicted octanol–water partition coefficient (Wildman–Crippen LogP) is 3.21. The van der Waals surface area contributed by atoms with Gasteiger partial charge in [-0.15, -0.1) is 0 Å². The molecular formula is C17H21N3O. The summed E-state index contributed by atoms with van der Waals surface area (Å²) in [4.78, 5) is 11.2. The van der Waals surface area contributed by atoms with E-state index in [-0.39, 0.29) is 0 Å². The molecule has 1 atom stereocenters. The van der Waals surface area contributed by atoms with Gasteiger partial charge in [0.1, 0.15) is 0 Å². The molecule has 0 aliphatic carbocycles. The monoisotopic (exact) mass is 283 g/mol. The minimum absolute atomic E-state index is 0.477. The minimum Gasteiger partial charge on any atom is -0.478 e. The SMILES string of the molecule is CCOc1cccc(CN2CCC[C@H]2c2ccncc2)n1. The number of aromatic nitrogens is 2. The lowest BCUT2D eigenvalue weighted by Gasteiger charge is -2.24. The maximum Gasteiger partial charge on any atom is 0.213 e. The van der Waals surface area contributed by atoms with Crippen LogP contribution < -0.4 is 4.74 Å². The largest absolute Gasteiger partial charge is 0.478 e. The summed E-state index contributed by atoms with van der Waals surface area (Å²) in [5.41, 5.74) is 2.42. The fourth-order valence-corrected chi connectivity index (χ4v) is 2.96. The van der Waals surface area contributed by atoms with E-state index >= 15 is 0 Å². The summed E-state index contributed by atoms with van der Waals surface area (Å²) in [6, 6.07) is 10.7. The molecule has 3 rings (SSSR count). The summed E-state index contributed by atoms with van der Waals surface area (Å²) >= 11 is 0. The summed E-state index contributed by atoms with van der Waals surface area (Å²) in [7, 11) is 0. The van der Waals surface area contributed by atoms with Crippen LogP contribution in [0.3, 0.4) is 0 Å². The Kier molecular flexibility index (Phi) is 4.46. The van der Waals surface area contributed by atoms with Crippen molar-refractivity contribution in [1.82, 2.24) is 14.9 Å². The molecule has 0 saturated carbocycles. The van der Waals surface area contributed by atoms with Gasteiger partial charge in [-0.1, -0.05) is 6.07 Å².